The topological polar surface area (TPSA) is 106 Å². The van der Waals surface area contributed by atoms with Crippen molar-refractivity contribution in [3.05, 3.63) is 71.5 Å². The Balaban J connectivity index is 1.40. The maximum Gasteiger partial charge on any atom is 0.270 e. The van der Waals surface area contributed by atoms with Gasteiger partial charge in [-0.05, 0) is 60.5 Å². The van der Waals surface area contributed by atoms with Crippen LogP contribution in [-0.4, -0.2) is 45.3 Å². The molecule has 0 saturated carbocycles. The van der Waals surface area contributed by atoms with Crippen molar-refractivity contribution in [1.82, 2.24) is 14.5 Å². The number of likely N-dealkylation sites (tertiary alicyclic amines) is 1. The van der Waals surface area contributed by atoms with E-state index in [1.807, 2.05) is 44.2 Å². The van der Waals surface area contributed by atoms with Crippen molar-refractivity contribution >= 4 is 33.5 Å². The van der Waals surface area contributed by atoms with Crippen molar-refractivity contribution in [3.63, 3.8) is 0 Å². The molecular weight excluding hydrogens is 424 g/mol. The van der Waals surface area contributed by atoms with Crippen molar-refractivity contribution in [2.75, 3.05) is 13.1 Å². The Morgan fingerprint density at radius 2 is 1.85 bits per heavy atom. The standard InChI is InChI=1S/C27H30N6O/c1-17(28)32-11-9-23(10-12-32)34-24-7-8-25-26(15-24)33(18(2)31-25)16-19-3-4-20-5-6-21(27(29)30)14-22(20)13-19/h3-8,13-15,23,28H,9-12,16H2,1-2H3,(H3,29,30)/p+1. The summed E-state index contributed by atoms with van der Waals surface area (Å²) >= 11 is 0. The zero-order valence-electron chi connectivity index (χ0n) is 19.7. The van der Waals surface area contributed by atoms with Gasteiger partial charge in [-0.3, -0.25) is 16.6 Å². The summed E-state index contributed by atoms with van der Waals surface area (Å²) in [6.45, 7) is 6.34. The zero-order chi connectivity index (χ0) is 23.8. The van der Waals surface area contributed by atoms with Crippen LogP contribution in [0.1, 0.15) is 36.7 Å². The summed E-state index contributed by atoms with van der Waals surface area (Å²) in [5, 5.41) is 15.9. The van der Waals surface area contributed by atoms with Gasteiger partial charge in [0.05, 0.1) is 22.4 Å². The number of piperidine rings is 1. The fourth-order valence-corrected chi connectivity index (χ4v) is 4.75. The molecule has 0 amide bonds. The van der Waals surface area contributed by atoms with E-state index in [0.29, 0.717) is 18.2 Å². The minimum absolute atomic E-state index is 0.173. The van der Waals surface area contributed by atoms with Crippen molar-refractivity contribution in [3.8, 4) is 5.75 Å². The molecule has 7 heteroatoms. The Bertz CT molecular complexity index is 1400. The third-order valence-electron chi connectivity index (χ3n) is 6.71. The lowest BCUT2D eigenvalue weighted by Crippen LogP contribution is -2.46. The van der Waals surface area contributed by atoms with E-state index in [4.69, 9.17) is 26.3 Å². The molecule has 0 radical (unpaired) electrons. The van der Waals surface area contributed by atoms with E-state index >= 15 is 0 Å². The summed E-state index contributed by atoms with van der Waals surface area (Å²) in [4.78, 5) is 6.87. The van der Waals surface area contributed by atoms with Crippen LogP contribution in [0, 0.1) is 12.3 Å². The number of aryl methyl sites for hydroxylation is 1. The average Bonchev–Trinajstić information content (AvgIpc) is 3.13. The number of aromatic nitrogens is 2. The van der Waals surface area contributed by atoms with Crippen LogP contribution in [0.4, 0.5) is 0 Å². The van der Waals surface area contributed by atoms with Gasteiger partial charge in [-0.2, -0.15) is 0 Å². The van der Waals surface area contributed by atoms with E-state index in [9.17, 15) is 0 Å². The number of nitrogens with two attached hydrogens (primary N) is 2. The lowest BCUT2D eigenvalue weighted by atomic mass is 10.0. The van der Waals surface area contributed by atoms with E-state index in [0.717, 1.165) is 64.9 Å². The van der Waals surface area contributed by atoms with Crippen LogP contribution in [0.3, 0.4) is 0 Å². The minimum Gasteiger partial charge on any atom is -0.490 e. The van der Waals surface area contributed by atoms with Crippen molar-refractivity contribution in [2.45, 2.75) is 39.3 Å². The number of nitrogens with zero attached hydrogens (tertiary/aromatic N) is 3. The molecular formula is C27H31N6O+. The van der Waals surface area contributed by atoms with Gasteiger partial charge in [0, 0.05) is 38.5 Å². The molecule has 7 nitrogen and oxygen atoms in total. The molecule has 0 spiro atoms. The molecule has 3 aromatic carbocycles. The number of fused-ring (bicyclic) bond motifs is 2. The number of nitrogens with one attached hydrogen (secondary N) is 1. The molecule has 0 bridgehead atoms. The summed E-state index contributed by atoms with van der Waals surface area (Å²) in [5.41, 5.74) is 9.85. The third kappa shape index (κ3) is 4.33. The van der Waals surface area contributed by atoms with Crippen LogP contribution in [-0.2, 0) is 6.54 Å². The second kappa shape index (κ2) is 8.82. The Kier molecular flexibility index (Phi) is 5.69. The molecule has 0 atom stereocenters. The maximum absolute atomic E-state index is 7.82. The molecule has 1 aromatic heterocycles. The number of hydrogen-bond donors (Lipinski definition) is 3. The highest BCUT2D eigenvalue weighted by atomic mass is 16.5. The summed E-state index contributed by atoms with van der Waals surface area (Å²) in [6.07, 6.45) is 2.03. The highest BCUT2D eigenvalue weighted by Crippen LogP contribution is 2.26. The Hall–Kier alpha value is -3.87. The van der Waals surface area contributed by atoms with E-state index in [-0.39, 0.29) is 6.10 Å². The molecule has 5 rings (SSSR count). The fraction of sp³-hybridized carbons (Fsp3) is 0.296. The van der Waals surface area contributed by atoms with Gasteiger partial charge < -0.3 is 14.2 Å². The summed E-state index contributed by atoms with van der Waals surface area (Å²) in [6, 6.07) is 18.7. The van der Waals surface area contributed by atoms with Gasteiger partial charge in [-0.15, -0.1) is 0 Å². The Morgan fingerprint density at radius 3 is 2.59 bits per heavy atom. The number of hydrogen-bond acceptors (Lipinski definition) is 3. The maximum atomic E-state index is 7.82. The predicted molar refractivity (Wildman–Crippen MR) is 136 cm³/mol. The van der Waals surface area contributed by atoms with Crippen LogP contribution in [0.15, 0.2) is 54.6 Å². The lowest BCUT2D eigenvalue weighted by Gasteiger charge is -2.32. The summed E-state index contributed by atoms with van der Waals surface area (Å²) in [7, 11) is 0. The first-order chi connectivity index (χ1) is 16.4. The molecule has 2 heterocycles. The van der Waals surface area contributed by atoms with Crippen molar-refractivity contribution in [2.24, 2.45) is 5.73 Å². The first-order valence-electron chi connectivity index (χ1n) is 11.7. The first-order valence-corrected chi connectivity index (χ1v) is 11.7. The van der Waals surface area contributed by atoms with Gasteiger partial charge in [-0.1, -0.05) is 18.2 Å². The smallest absolute Gasteiger partial charge is 0.270 e. The van der Waals surface area contributed by atoms with Gasteiger partial charge in [0.1, 0.15) is 17.7 Å². The average molecular weight is 456 g/mol. The van der Waals surface area contributed by atoms with Gasteiger partial charge in [0.2, 0.25) is 0 Å². The second-order valence-corrected chi connectivity index (χ2v) is 9.14. The first kappa shape index (κ1) is 21.9. The van der Waals surface area contributed by atoms with E-state index in [1.165, 1.54) is 5.56 Å². The molecule has 174 valence electrons. The molecule has 1 saturated heterocycles. The van der Waals surface area contributed by atoms with Crippen molar-refractivity contribution < 1.29 is 10.1 Å². The number of amidine groups is 2. The van der Waals surface area contributed by atoms with E-state index < -0.39 is 0 Å². The monoisotopic (exact) mass is 455 g/mol. The molecule has 4 aromatic rings. The van der Waals surface area contributed by atoms with Crippen LogP contribution >= 0.6 is 0 Å². The molecule has 1 aliphatic rings. The van der Waals surface area contributed by atoms with Gasteiger partial charge in [0.25, 0.3) is 5.84 Å². The molecule has 1 fully saturated rings. The normalized spacial score (nSPS) is 14.6. The number of ether oxygens (including phenoxy) is 1. The van der Waals surface area contributed by atoms with Gasteiger partial charge in [0.15, 0.2) is 0 Å². The highest BCUT2D eigenvalue weighted by molar-refractivity contribution is 5.97. The van der Waals surface area contributed by atoms with Crippen LogP contribution in [0.25, 0.3) is 21.8 Å². The zero-order valence-corrected chi connectivity index (χ0v) is 19.7. The van der Waals surface area contributed by atoms with Crippen LogP contribution in [0.2, 0.25) is 0 Å². The van der Waals surface area contributed by atoms with E-state index in [1.54, 1.807) is 0 Å². The Morgan fingerprint density at radius 1 is 1.09 bits per heavy atom. The molecule has 0 aliphatic carbocycles. The number of imidazole rings is 1. The van der Waals surface area contributed by atoms with Gasteiger partial charge >= 0.3 is 0 Å². The largest absolute Gasteiger partial charge is 0.490 e. The SMILES string of the molecule is CC(=N)N1CCC(Oc2ccc3nc(C)n(Cc4ccc5ccc(C(N)=[NH2+])cc5c4)c3c2)CC1. The quantitative estimate of drug-likeness (QED) is 0.318. The van der Waals surface area contributed by atoms with Gasteiger partial charge in [-0.25, -0.2) is 4.98 Å². The summed E-state index contributed by atoms with van der Waals surface area (Å²) in [5.74, 6) is 2.80. The number of rotatable bonds is 5. The molecule has 34 heavy (non-hydrogen) atoms. The number of benzene rings is 3. The third-order valence-corrected chi connectivity index (χ3v) is 6.71. The molecule has 1 aliphatic heterocycles. The Labute approximate surface area is 199 Å². The second-order valence-electron chi connectivity index (χ2n) is 9.14. The van der Waals surface area contributed by atoms with Crippen LogP contribution in [0.5, 0.6) is 5.75 Å². The van der Waals surface area contributed by atoms with Crippen LogP contribution < -0.4 is 15.9 Å². The van der Waals surface area contributed by atoms with Crippen molar-refractivity contribution in [1.29, 1.82) is 5.41 Å². The predicted octanol–water partition coefficient (Wildman–Crippen LogP) is 2.85. The molecule has 5 N–H and O–H groups in total. The fourth-order valence-electron chi connectivity index (χ4n) is 4.75. The van der Waals surface area contributed by atoms with E-state index in [2.05, 4.69) is 33.7 Å². The lowest BCUT2D eigenvalue weighted by molar-refractivity contribution is -0.114. The molecule has 0 unspecified atom stereocenters. The minimum atomic E-state index is 0.173. The highest BCUT2D eigenvalue weighted by Gasteiger charge is 2.21. The summed E-state index contributed by atoms with van der Waals surface area (Å²) < 4.78 is 8.57.